The van der Waals surface area contributed by atoms with Gasteiger partial charge in [0, 0.05) is 11.1 Å². The van der Waals surface area contributed by atoms with Crippen molar-refractivity contribution < 1.29 is 8.78 Å². The lowest BCUT2D eigenvalue weighted by Gasteiger charge is -2.13. The van der Waals surface area contributed by atoms with Gasteiger partial charge in [0.05, 0.1) is 0 Å². The lowest BCUT2D eigenvalue weighted by atomic mass is 9.99. The van der Waals surface area contributed by atoms with Gasteiger partial charge in [0.25, 0.3) is 0 Å². The Kier molecular flexibility index (Phi) is 3.94. The fourth-order valence-corrected chi connectivity index (χ4v) is 1.96. The summed E-state index contributed by atoms with van der Waals surface area (Å²) >= 11 is 5.97. The number of benzene rings is 2. The van der Waals surface area contributed by atoms with Gasteiger partial charge in [0.1, 0.15) is 11.6 Å². The molecule has 0 saturated carbocycles. The summed E-state index contributed by atoms with van der Waals surface area (Å²) in [5, 5.41) is 0.481. The summed E-state index contributed by atoms with van der Waals surface area (Å²) < 4.78 is 25.9. The van der Waals surface area contributed by atoms with Crippen LogP contribution in [0.3, 0.4) is 0 Å². The highest BCUT2D eigenvalue weighted by Gasteiger charge is 2.10. The maximum Gasteiger partial charge on any atom is 0.123 e. The molecule has 0 aromatic heterocycles. The van der Waals surface area contributed by atoms with E-state index in [9.17, 15) is 8.78 Å². The van der Waals surface area contributed by atoms with E-state index >= 15 is 0 Å². The number of hydrogen-bond donors (Lipinski definition) is 1. The van der Waals surface area contributed by atoms with Gasteiger partial charge in [-0.3, -0.25) is 0 Å². The first-order chi connectivity index (χ1) is 8.56. The van der Waals surface area contributed by atoms with E-state index in [0.29, 0.717) is 17.0 Å². The summed E-state index contributed by atoms with van der Waals surface area (Å²) in [4.78, 5) is 0. The Balaban J connectivity index is 2.18. The molecule has 0 bridgehead atoms. The average molecular weight is 268 g/mol. The van der Waals surface area contributed by atoms with Gasteiger partial charge in [-0.25, -0.2) is 8.78 Å². The first-order valence-corrected chi connectivity index (χ1v) is 5.89. The monoisotopic (exact) mass is 267 g/mol. The van der Waals surface area contributed by atoms with Crippen LogP contribution in [-0.2, 0) is 6.42 Å². The van der Waals surface area contributed by atoms with Crippen LogP contribution in [0.2, 0.25) is 5.02 Å². The molecular formula is C14H12ClF2N. The molecule has 1 unspecified atom stereocenters. The van der Waals surface area contributed by atoms with Gasteiger partial charge in [-0.2, -0.15) is 0 Å². The van der Waals surface area contributed by atoms with Crippen LogP contribution in [0.25, 0.3) is 0 Å². The summed E-state index contributed by atoms with van der Waals surface area (Å²) in [6, 6.07) is 9.76. The first-order valence-electron chi connectivity index (χ1n) is 5.51. The van der Waals surface area contributed by atoms with E-state index in [1.54, 1.807) is 12.1 Å². The number of nitrogens with two attached hydrogens (primary N) is 1. The fraction of sp³-hybridized carbons (Fsp3) is 0.143. The Bertz CT molecular complexity index is 540. The Morgan fingerprint density at radius 1 is 1.00 bits per heavy atom. The van der Waals surface area contributed by atoms with E-state index in [0.717, 1.165) is 5.56 Å². The van der Waals surface area contributed by atoms with Crippen LogP contribution in [-0.4, -0.2) is 0 Å². The van der Waals surface area contributed by atoms with Crippen LogP contribution in [0.5, 0.6) is 0 Å². The van der Waals surface area contributed by atoms with Crippen LogP contribution < -0.4 is 5.73 Å². The van der Waals surface area contributed by atoms with Crippen molar-refractivity contribution >= 4 is 11.6 Å². The third-order valence-corrected chi connectivity index (χ3v) is 3.11. The predicted octanol–water partition coefficient (Wildman–Crippen LogP) is 3.86. The Labute approximate surface area is 109 Å². The second-order valence-corrected chi connectivity index (χ2v) is 4.51. The zero-order chi connectivity index (χ0) is 13.1. The average Bonchev–Trinajstić information content (AvgIpc) is 2.34. The normalized spacial score (nSPS) is 12.4. The van der Waals surface area contributed by atoms with Gasteiger partial charge in [0.2, 0.25) is 0 Å². The van der Waals surface area contributed by atoms with Gasteiger partial charge in [-0.1, -0.05) is 23.7 Å². The zero-order valence-electron chi connectivity index (χ0n) is 9.54. The van der Waals surface area contributed by atoms with Crippen molar-refractivity contribution in [2.45, 2.75) is 12.5 Å². The molecule has 0 radical (unpaired) electrons. The smallest absolute Gasteiger partial charge is 0.123 e. The molecule has 0 spiro atoms. The Morgan fingerprint density at radius 3 is 2.28 bits per heavy atom. The molecule has 0 fully saturated rings. The molecule has 2 N–H and O–H groups in total. The molecule has 0 amide bonds. The van der Waals surface area contributed by atoms with Gasteiger partial charge in [0.15, 0.2) is 0 Å². The lowest BCUT2D eigenvalue weighted by Crippen LogP contribution is -2.13. The molecule has 18 heavy (non-hydrogen) atoms. The van der Waals surface area contributed by atoms with Crippen molar-refractivity contribution in [2.75, 3.05) is 0 Å². The van der Waals surface area contributed by atoms with E-state index in [4.69, 9.17) is 17.3 Å². The highest BCUT2D eigenvalue weighted by molar-refractivity contribution is 6.31. The highest BCUT2D eigenvalue weighted by Crippen LogP contribution is 2.23. The van der Waals surface area contributed by atoms with Crippen molar-refractivity contribution in [1.82, 2.24) is 0 Å². The van der Waals surface area contributed by atoms with E-state index in [2.05, 4.69) is 0 Å². The third kappa shape index (κ3) is 3.06. The summed E-state index contributed by atoms with van der Waals surface area (Å²) in [7, 11) is 0. The summed E-state index contributed by atoms with van der Waals surface area (Å²) in [6.07, 6.45) is 0.405. The Hall–Kier alpha value is -1.45. The molecule has 1 nitrogen and oxygen atoms in total. The molecule has 0 aliphatic carbocycles. The predicted molar refractivity (Wildman–Crippen MR) is 68.4 cm³/mol. The van der Waals surface area contributed by atoms with Crippen LogP contribution in [0.4, 0.5) is 8.78 Å². The van der Waals surface area contributed by atoms with Crippen molar-refractivity contribution in [2.24, 2.45) is 5.73 Å². The molecule has 0 heterocycles. The van der Waals surface area contributed by atoms with Crippen LogP contribution in [0, 0.1) is 11.6 Å². The lowest BCUT2D eigenvalue weighted by molar-refractivity contribution is 0.619. The van der Waals surface area contributed by atoms with Crippen LogP contribution in [0.1, 0.15) is 17.2 Å². The third-order valence-electron chi connectivity index (χ3n) is 2.75. The maximum atomic E-state index is 13.1. The summed E-state index contributed by atoms with van der Waals surface area (Å²) in [5.41, 5.74) is 7.43. The van der Waals surface area contributed by atoms with Crippen molar-refractivity contribution in [3.05, 3.63) is 70.2 Å². The van der Waals surface area contributed by atoms with E-state index in [1.807, 2.05) is 0 Å². The minimum atomic E-state index is -0.347. The quantitative estimate of drug-likeness (QED) is 0.898. The summed E-state index contributed by atoms with van der Waals surface area (Å²) in [5.74, 6) is -0.657. The number of halogens is 3. The van der Waals surface area contributed by atoms with Gasteiger partial charge < -0.3 is 5.73 Å². The maximum absolute atomic E-state index is 13.1. The van der Waals surface area contributed by atoms with Gasteiger partial charge >= 0.3 is 0 Å². The first kappa shape index (κ1) is 13.0. The minimum absolute atomic E-state index is 0.310. The second-order valence-electron chi connectivity index (χ2n) is 4.10. The van der Waals surface area contributed by atoms with Crippen molar-refractivity contribution in [3.63, 3.8) is 0 Å². The zero-order valence-corrected chi connectivity index (χ0v) is 10.3. The number of rotatable bonds is 3. The fourth-order valence-electron chi connectivity index (χ4n) is 1.76. The SMILES string of the molecule is NC(Cc1cc(F)ccc1Cl)c1ccc(F)cc1. The van der Waals surface area contributed by atoms with Crippen molar-refractivity contribution in [3.8, 4) is 0 Å². The molecule has 4 heteroatoms. The van der Waals surface area contributed by atoms with E-state index in [-0.39, 0.29) is 17.7 Å². The van der Waals surface area contributed by atoms with Gasteiger partial charge in [-0.05, 0) is 47.9 Å². The molecule has 0 saturated heterocycles. The molecular weight excluding hydrogens is 256 g/mol. The topological polar surface area (TPSA) is 26.0 Å². The van der Waals surface area contributed by atoms with Crippen molar-refractivity contribution in [1.29, 1.82) is 0 Å². The standard InChI is InChI=1S/C14H12ClF2N/c15-13-6-5-12(17)7-10(13)8-14(18)9-1-3-11(16)4-2-9/h1-7,14H,8,18H2. The van der Waals surface area contributed by atoms with E-state index in [1.165, 1.54) is 30.3 Å². The molecule has 2 aromatic rings. The second kappa shape index (κ2) is 5.46. The summed E-state index contributed by atoms with van der Waals surface area (Å²) in [6.45, 7) is 0. The molecule has 0 aliphatic rings. The Morgan fingerprint density at radius 2 is 1.61 bits per heavy atom. The van der Waals surface area contributed by atoms with Crippen LogP contribution >= 0.6 is 11.6 Å². The molecule has 1 atom stereocenters. The van der Waals surface area contributed by atoms with E-state index < -0.39 is 0 Å². The molecule has 94 valence electrons. The number of hydrogen-bond acceptors (Lipinski definition) is 1. The molecule has 0 aliphatic heterocycles. The highest BCUT2D eigenvalue weighted by atomic mass is 35.5. The molecule has 2 rings (SSSR count). The molecule has 2 aromatic carbocycles. The largest absolute Gasteiger partial charge is 0.324 e. The van der Waals surface area contributed by atoms with Gasteiger partial charge in [-0.15, -0.1) is 0 Å². The minimum Gasteiger partial charge on any atom is -0.324 e. The van der Waals surface area contributed by atoms with Crippen LogP contribution in [0.15, 0.2) is 42.5 Å².